The van der Waals surface area contributed by atoms with Crippen molar-refractivity contribution in [3.05, 3.63) is 70.8 Å². The molecular weight excluding hydrogens is 384 g/mol. The third kappa shape index (κ3) is 3.41. The molecule has 0 saturated carbocycles. The van der Waals surface area contributed by atoms with Gasteiger partial charge in [-0.1, -0.05) is 29.8 Å². The van der Waals surface area contributed by atoms with Crippen LogP contribution in [0.1, 0.15) is 31.8 Å². The lowest BCUT2D eigenvalue weighted by atomic mass is 9.99. The van der Waals surface area contributed by atoms with E-state index >= 15 is 0 Å². The molecule has 7 nitrogen and oxygen atoms in total. The number of aryl methyl sites for hydroxylation is 2. The van der Waals surface area contributed by atoms with Crippen LogP contribution < -0.4 is 4.18 Å². The topological polar surface area (TPSA) is 118 Å². The van der Waals surface area contributed by atoms with Crippen LogP contribution in [-0.4, -0.2) is 30.6 Å². The van der Waals surface area contributed by atoms with Crippen LogP contribution in [0.5, 0.6) is 5.75 Å². The van der Waals surface area contributed by atoms with E-state index in [1.165, 1.54) is 24.3 Å². The van der Waals surface area contributed by atoms with Gasteiger partial charge in [0.2, 0.25) is 0 Å². The Bertz CT molecular complexity index is 1210. The van der Waals surface area contributed by atoms with Crippen molar-refractivity contribution in [3.63, 3.8) is 0 Å². The summed E-state index contributed by atoms with van der Waals surface area (Å²) in [6.45, 7) is 3.56. The average molecular weight is 400 g/mol. The fourth-order valence-corrected chi connectivity index (χ4v) is 4.20. The van der Waals surface area contributed by atoms with E-state index in [1.54, 1.807) is 19.1 Å². The number of carboxylic acid groups (broad SMARTS) is 2. The van der Waals surface area contributed by atoms with Gasteiger partial charge in [-0.25, -0.2) is 9.59 Å². The van der Waals surface area contributed by atoms with Gasteiger partial charge < -0.3 is 14.4 Å². The maximum Gasteiger partial charge on any atom is 0.339 e. The Labute approximate surface area is 160 Å². The number of rotatable bonds is 5. The summed E-state index contributed by atoms with van der Waals surface area (Å²) in [6.07, 6.45) is 0. The minimum absolute atomic E-state index is 0.0374. The SMILES string of the molecule is Cc1ccc(OS(=O)(=O)c2ccc(C(=O)O)c3c(C(=O)O)cccc23)c(C)c1. The summed E-state index contributed by atoms with van der Waals surface area (Å²) in [5, 5.41) is 18.6. The zero-order valence-corrected chi connectivity index (χ0v) is 15.8. The van der Waals surface area contributed by atoms with Crippen molar-refractivity contribution in [1.82, 2.24) is 0 Å². The molecule has 0 unspecified atom stereocenters. The first kappa shape index (κ1) is 19.4. The van der Waals surface area contributed by atoms with Crippen molar-refractivity contribution in [2.45, 2.75) is 18.7 Å². The van der Waals surface area contributed by atoms with Gasteiger partial charge in [0.25, 0.3) is 0 Å². The molecule has 28 heavy (non-hydrogen) atoms. The molecule has 8 heteroatoms. The Balaban J connectivity index is 2.26. The molecule has 0 bridgehead atoms. The molecule has 0 atom stereocenters. The van der Waals surface area contributed by atoms with Crippen molar-refractivity contribution in [2.75, 3.05) is 0 Å². The summed E-state index contributed by atoms with van der Waals surface area (Å²) >= 11 is 0. The van der Waals surface area contributed by atoms with E-state index in [1.807, 2.05) is 6.92 Å². The van der Waals surface area contributed by atoms with Crippen LogP contribution in [0.25, 0.3) is 10.8 Å². The first-order valence-electron chi connectivity index (χ1n) is 8.16. The van der Waals surface area contributed by atoms with Gasteiger partial charge in [0, 0.05) is 10.8 Å². The molecule has 0 aliphatic carbocycles. The number of carbonyl (C=O) groups is 2. The number of benzene rings is 3. The van der Waals surface area contributed by atoms with Crippen LogP contribution in [0, 0.1) is 13.8 Å². The monoisotopic (exact) mass is 400 g/mol. The zero-order chi connectivity index (χ0) is 20.6. The number of hydrogen-bond acceptors (Lipinski definition) is 5. The lowest BCUT2D eigenvalue weighted by molar-refractivity contribution is 0.0695. The fourth-order valence-electron chi connectivity index (χ4n) is 3.01. The molecule has 0 aliphatic rings. The Hall–Kier alpha value is -3.39. The molecule has 0 aliphatic heterocycles. The fraction of sp³-hybridized carbons (Fsp3) is 0.100. The Morgan fingerprint density at radius 2 is 1.54 bits per heavy atom. The second kappa shape index (κ2) is 6.97. The van der Waals surface area contributed by atoms with Crippen LogP contribution in [0.4, 0.5) is 0 Å². The lowest BCUT2D eigenvalue weighted by Gasteiger charge is -2.14. The van der Waals surface area contributed by atoms with Gasteiger partial charge in [-0.2, -0.15) is 8.42 Å². The molecule has 0 fully saturated rings. The van der Waals surface area contributed by atoms with Crippen LogP contribution in [-0.2, 0) is 10.1 Å². The van der Waals surface area contributed by atoms with Gasteiger partial charge in [0.15, 0.2) is 0 Å². The van der Waals surface area contributed by atoms with Gasteiger partial charge in [0.1, 0.15) is 10.6 Å². The number of aromatic carboxylic acids is 2. The molecule has 3 aromatic carbocycles. The maximum absolute atomic E-state index is 12.9. The van der Waals surface area contributed by atoms with Gasteiger partial charge >= 0.3 is 22.1 Å². The molecule has 2 N–H and O–H groups in total. The van der Waals surface area contributed by atoms with E-state index in [0.29, 0.717) is 5.56 Å². The van der Waals surface area contributed by atoms with Crippen molar-refractivity contribution in [1.29, 1.82) is 0 Å². The molecule has 3 rings (SSSR count). The van der Waals surface area contributed by atoms with Gasteiger partial charge in [-0.15, -0.1) is 0 Å². The first-order valence-corrected chi connectivity index (χ1v) is 9.56. The van der Waals surface area contributed by atoms with Crippen LogP contribution in [0.3, 0.4) is 0 Å². The summed E-state index contributed by atoms with van der Waals surface area (Å²) in [6, 6.07) is 11.1. The first-order chi connectivity index (χ1) is 13.1. The third-order valence-corrected chi connectivity index (χ3v) is 5.55. The molecule has 144 valence electrons. The number of fused-ring (bicyclic) bond motifs is 1. The summed E-state index contributed by atoms with van der Waals surface area (Å²) in [4.78, 5) is 22.8. The highest BCUT2D eigenvalue weighted by molar-refractivity contribution is 7.87. The van der Waals surface area contributed by atoms with Gasteiger partial charge in [0.05, 0.1) is 11.1 Å². The second-order valence-corrected chi connectivity index (χ2v) is 7.77. The summed E-state index contributed by atoms with van der Waals surface area (Å²) < 4.78 is 31.1. The molecule has 0 radical (unpaired) electrons. The third-order valence-electron chi connectivity index (χ3n) is 4.26. The van der Waals surface area contributed by atoms with Crippen LogP contribution >= 0.6 is 0 Å². The maximum atomic E-state index is 12.9. The summed E-state index contributed by atoms with van der Waals surface area (Å²) in [5.41, 5.74) is 0.933. The minimum Gasteiger partial charge on any atom is -0.478 e. The van der Waals surface area contributed by atoms with E-state index < -0.39 is 22.1 Å². The Morgan fingerprint density at radius 1 is 0.893 bits per heavy atom. The van der Waals surface area contributed by atoms with E-state index in [-0.39, 0.29) is 32.5 Å². The number of carboxylic acids is 2. The van der Waals surface area contributed by atoms with E-state index in [2.05, 4.69) is 0 Å². The highest BCUT2D eigenvalue weighted by Crippen LogP contribution is 2.32. The van der Waals surface area contributed by atoms with Crippen molar-refractivity contribution in [3.8, 4) is 5.75 Å². The zero-order valence-electron chi connectivity index (χ0n) is 15.0. The van der Waals surface area contributed by atoms with Crippen molar-refractivity contribution >= 4 is 32.8 Å². The second-order valence-electron chi connectivity index (χ2n) is 6.26. The molecule has 3 aromatic rings. The Kier molecular flexibility index (Phi) is 4.82. The lowest BCUT2D eigenvalue weighted by Crippen LogP contribution is -2.13. The quantitative estimate of drug-likeness (QED) is 0.628. The van der Waals surface area contributed by atoms with Gasteiger partial charge in [-0.05, 0) is 43.7 Å². The highest BCUT2D eigenvalue weighted by atomic mass is 32.2. The Morgan fingerprint density at radius 3 is 2.14 bits per heavy atom. The summed E-state index contributed by atoms with van der Waals surface area (Å²) in [7, 11) is -4.35. The summed E-state index contributed by atoms with van der Waals surface area (Å²) in [5.74, 6) is -2.59. The smallest absolute Gasteiger partial charge is 0.339 e. The predicted molar refractivity (Wildman–Crippen MR) is 102 cm³/mol. The standard InChI is InChI=1S/C20H16O7S/c1-11-6-8-16(12(2)10-11)27-28(25,26)17-9-7-15(20(23)24)18-13(17)4-3-5-14(18)19(21)22/h3-10H,1-2H3,(H,21,22)(H,23,24). The highest BCUT2D eigenvalue weighted by Gasteiger charge is 2.25. The van der Waals surface area contributed by atoms with E-state index in [0.717, 1.165) is 17.7 Å². The molecule has 0 heterocycles. The normalized spacial score (nSPS) is 11.4. The molecule has 0 aromatic heterocycles. The average Bonchev–Trinajstić information content (AvgIpc) is 2.62. The molecule has 0 saturated heterocycles. The van der Waals surface area contributed by atoms with E-state index in [9.17, 15) is 28.2 Å². The minimum atomic E-state index is -4.35. The van der Waals surface area contributed by atoms with E-state index in [4.69, 9.17) is 4.18 Å². The van der Waals surface area contributed by atoms with Crippen LogP contribution in [0.15, 0.2) is 53.4 Å². The largest absolute Gasteiger partial charge is 0.478 e. The molecule has 0 amide bonds. The molecular formula is C20H16O7S. The number of hydrogen-bond donors (Lipinski definition) is 2. The predicted octanol–water partition coefficient (Wildman–Crippen LogP) is 3.62. The van der Waals surface area contributed by atoms with Crippen LogP contribution in [0.2, 0.25) is 0 Å². The van der Waals surface area contributed by atoms with Crippen molar-refractivity contribution in [2.24, 2.45) is 0 Å². The van der Waals surface area contributed by atoms with Gasteiger partial charge in [-0.3, -0.25) is 0 Å². The molecule has 0 spiro atoms. The van der Waals surface area contributed by atoms with Crippen molar-refractivity contribution < 1.29 is 32.4 Å².